The molecule has 0 unspecified atom stereocenters. The van der Waals surface area contributed by atoms with Gasteiger partial charge in [0.1, 0.15) is 11.3 Å². The summed E-state index contributed by atoms with van der Waals surface area (Å²) >= 11 is 18.0. The average molecular weight is 573 g/mol. The molecule has 1 aliphatic rings. The lowest BCUT2D eigenvalue weighted by Gasteiger charge is -2.27. The van der Waals surface area contributed by atoms with Crippen LogP contribution in [0.4, 0.5) is 16.2 Å². The molecule has 0 radical (unpaired) electrons. The minimum atomic E-state index is -0.872. The smallest absolute Gasteiger partial charge is 0.335 e. The lowest BCUT2D eigenvalue weighted by molar-refractivity contribution is -0.122. The summed E-state index contributed by atoms with van der Waals surface area (Å²) in [6, 6.07) is 13.3. The lowest BCUT2D eigenvalue weighted by Crippen LogP contribution is -2.54. The van der Waals surface area contributed by atoms with Gasteiger partial charge in [0.05, 0.1) is 15.7 Å². The van der Waals surface area contributed by atoms with Gasteiger partial charge in [-0.3, -0.25) is 19.7 Å². The fraction of sp³-hybridized carbons (Fsp3) is 0.111. The van der Waals surface area contributed by atoms with Crippen LogP contribution in [0.15, 0.2) is 60.2 Å². The van der Waals surface area contributed by atoms with E-state index in [9.17, 15) is 19.2 Å². The summed E-state index contributed by atoms with van der Waals surface area (Å²) < 4.78 is 5.66. The Labute approximate surface area is 233 Å². The predicted molar refractivity (Wildman–Crippen MR) is 147 cm³/mol. The molecule has 0 aromatic heterocycles. The van der Waals surface area contributed by atoms with E-state index in [1.54, 1.807) is 30.3 Å². The first-order valence-electron chi connectivity index (χ1n) is 11.2. The quantitative estimate of drug-likeness (QED) is 0.281. The van der Waals surface area contributed by atoms with Crippen molar-refractivity contribution in [2.45, 2.75) is 13.8 Å². The highest BCUT2D eigenvalue weighted by Gasteiger charge is 2.37. The second kappa shape index (κ2) is 11.3. The molecule has 38 heavy (non-hydrogen) atoms. The molecule has 5 amide bonds. The molecule has 0 atom stereocenters. The van der Waals surface area contributed by atoms with Crippen LogP contribution < -0.4 is 20.3 Å². The van der Waals surface area contributed by atoms with Gasteiger partial charge < -0.3 is 10.1 Å². The predicted octanol–water partition coefficient (Wildman–Crippen LogP) is 5.95. The van der Waals surface area contributed by atoms with Gasteiger partial charge in [0.2, 0.25) is 0 Å². The van der Waals surface area contributed by atoms with E-state index >= 15 is 0 Å². The van der Waals surface area contributed by atoms with Crippen LogP contribution >= 0.6 is 34.8 Å². The molecule has 4 rings (SSSR count). The largest absolute Gasteiger partial charge is 0.483 e. The van der Waals surface area contributed by atoms with Crippen LogP contribution in [0.3, 0.4) is 0 Å². The molecule has 0 bridgehead atoms. The number of barbiturate groups is 1. The number of anilines is 2. The van der Waals surface area contributed by atoms with Crippen molar-refractivity contribution in [2.75, 3.05) is 16.8 Å². The molecule has 194 valence electrons. The SMILES string of the molecule is Cc1ccc(N2C(=O)NC(=O)/C(=C/c3cc(Cl)ccc3OCC(=O)Nc3ccc(Cl)c(Cl)c3)C2=O)cc1C. The summed E-state index contributed by atoms with van der Waals surface area (Å²) in [6.07, 6.45) is 1.26. The number of carbonyl (C=O) groups is 4. The summed E-state index contributed by atoms with van der Waals surface area (Å²) in [5.74, 6) is -2.00. The summed E-state index contributed by atoms with van der Waals surface area (Å²) in [5.41, 5.74) is 2.54. The Morgan fingerprint density at radius 1 is 0.947 bits per heavy atom. The van der Waals surface area contributed by atoms with Crippen molar-refractivity contribution in [1.29, 1.82) is 0 Å². The first-order valence-corrected chi connectivity index (χ1v) is 12.3. The molecule has 1 saturated heterocycles. The van der Waals surface area contributed by atoms with Crippen molar-refractivity contribution >= 4 is 76.0 Å². The number of benzene rings is 3. The lowest BCUT2D eigenvalue weighted by atomic mass is 10.0. The van der Waals surface area contributed by atoms with E-state index in [0.29, 0.717) is 21.4 Å². The van der Waals surface area contributed by atoms with E-state index in [1.807, 2.05) is 13.8 Å². The van der Waals surface area contributed by atoms with Gasteiger partial charge in [-0.05, 0) is 79.6 Å². The number of imide groups is 2. The molecule has 1 fully saturated rings. The minimum Gasteiger partial charge on any atom is -0.483 e. The second-order valence-electron chi connectivity index (χ2n) is 8.37. The molecule has 2 N–H and O–H groups in total. The Bertz CT molecular complexity index is 1520. The van der Waals surface area contributed by atoms with Gasteiger partial charge in [-0.1, -0.05) is 40.9 Å². The molecule has 1 heterocycles. The van der Waals surface area contributed by atoms with Crippen molar-refractivity contribution in [3.05, 3.63) is 91.9 Å². The third-order valence-corrected chi connectivity index (χ3v) is 6.66. The van der Waals surface area contributed by atoms with E-state index in [4.69, 9.17) is 39.5 Å². The summed E-state index contributed by atoms with van der Waals surface area (Å²) in [4.78, 5) is 51.8. The van der Waals surface area contributed by atoms with Crippen LogP contribution in [0.25, 0.3) is 6.08 Å². The molecule has 3 aromatic carbocycles. The zero-order chi connectivity index (χ0) is 27.6. The molecule has 0 spiro atoms. The van der Waals surface area contributed by atoms with Crippen LogP contribution in [-0.4, -0.2) is 30.4 Å². The maximum Gasteiger partial charge on any atom is 0.335 e. The molecular weight excluding hydrogens is 553 g/mol. The van der Waals surface area contributed by atoms with Gasteiger partial charge in [-0.2, -0.15) is 0 Å². The van der Waals surface area contributed by atoms with Gasteiger partial charge in [-0.15, -0.1) is 0 Å². The zero-order valence-corrected chi connectivity index (χ0v) is 22.4. The second-order valence-corrected chi connectivity index (χ2v) is 9.63. The van der Waals surface area contributed by atoms with E-state index in [-0.39, 0.29) is 21.9 Å². The molecule has 8 nitrogen and oxygen atoms in total. The molecule has 11 heteroatoms. The molecule has 3 aromatic rings. The fourth-order valence-electron chi connectivity index (χ4n) is 3.59. The molecular formula is C27H20Cl3N3O5. The number of aryl methyl sites for hydroxylation is 2. The van der Waals surface area contributed by atoms with Gasteiger partial charge >= 0.3 is 6.03 Å². The van der Waals surface area contributed by atoms with Crippen molar-refractivity contribution in [1.82, 2.24) is 5.32 Å². The molecule has 0 saturated carbocycles. The highest BCUT2D eigenvalue weighted by Crippen LogP contribution is 2.29. The third kappa shape index (κ3) is 5.99. The molecule has 1 aliphatic heterocycles. The minimum absolute atomic E-state index is 0.182. The number of rotatable bonds is 6. The summed E-state index contributed by atoms with van der Waals surface area (Å²) in [6.45, 7) is 3.35. The average Bonchev–Trinajstić information content (AvgIpc) is 2.85. The third-order valence-electron chi connectivity index (χ3n) is 5.68. The number of hydrogen-bond donors (Lipinski definition) is 2. The van der Waals surface area contributed by atoms with E-state index in [0.717, 1.165) is 16.0 Å². The number of nitrogens with zero attached hydrogens (tertiary/aromatic N) is 1. The number of hydrogen-bond acceptors (Lipinski definition) is 5. The maximum atomic E-state index is 13.3. The van der Waals surface area contributed by atoms with Crippen LogP contribution in [0.1, 0.15) is 16.7 Å². The maximum absolute atomic E-state index is 13.3. The van der Waals surface area contributed by atoms with E-state index < -0.39 is 30.4 Å². The van der Waals surface area contributed by atoms with Crippen molar-refractivity contribution in [3.8, 4) is 5.75 Å². The van der Waals surface area contributed by atoms with Gasteiger partial charge in [0.15, 0.2) is 6.61 Å². The Kier molecular flexibility index (Phi) is 8.06. The Hall–Kier alpha value is -3.85. The normalized spacial score (nSPS) is 14.5. The number of halogens is 3. The monoisotopic (exact) mass is 571 g/mol. The topological polar surface area (TPSA) is 105 Å². The van der Waals surface area contributed by atoms with Gasteiger partial charge in [-0.25, -0.2) is 9.69 Å². The Balaban J connectivity index is 1.58. The zero-order valence-electron chi connectivity index (χ0n) is 20.1. The van der Waals surface area contributed by atoms with Crippen molar-refractivity contribution in [2.24, 2.45) is 0 Å². The highest BCUT2D eigenvalue weighted by molar-refractivity contribution is 6.42. The standard InChI is InChI=1S/C27H20Cl3N3O5/c1-14-3-6-19(9-15(14)2)33-26(36)20(25(35)32-27(33)37)11-16-10-17(28)4-8-23(16)38-13-24(34)31-18-5-7-21(29)22(30)12-18/h3-12H,13H2,1-2H3,(H,31,34)(H,32,35,37)/b20-11-. The Morgan fingerprint density at radius 2 is 1.71 bits per heavy atom. The first-order chi connectivity index (χ1) is 18.0. The highest BCUT2D eigenvalue weighted by atomic mass is 35.5. The van der Waals surface area contributed by atoms with Crippen molar-refractivity contribution in [3.63, 3.8) is 0 Å². The van der Waals surface area contributed by atoms with Crippen LogP contribution in [0.5, 0.6) is 5.75 Å². The first kappa shape index (κ1) is 27.2. The van der Waals surface area contributed by atoms with Crippen LogP contribution in [0, 0.1) is 13.8 Å². The number of carbonyl (C=O) groups excluding carboxylic acids is 4. The number of amides is 5. The summed E-state index contributed by atoms with van der Waals surface area (Å²) in [5, 5.41) is 5.74. The van der Waals surface area contributed by atoms with Gasteiger partial charge in [0, 0.05) is 16.3 Å². The fourth-order valence-corrected chi connectivity index (χ4v) is 4.07. The Morgan fingerprint density at radius 3 is 2.42 bits per heavy atom. The van der Waals surface area contributed by atoms with Crippen LogP contribution in [-0.2, 0) is 14.4 Å². The van der Waals surface area contributed by atoms with Gasteiger partial charge in [0.25, 0.3) is 17.7 Å². The van der Waals surface area contributed by atoms with Crippen LogP contribution in [0.2, 0.25) is 15.1 Å². The number of urea groups is 1. The molecule has 0 aliphatic carbocycles. The number of nitrogens with one attached hydrogen (secondary N) is 2. The van der Waals surface area contributed by atoms with E-state index in [1.165, 1.54) is 30.3 Å². The number of ether oxygens (including phenoxy) is 1. The van der Waals surface area contributed by atoms with E-state index in [2.05, 4.69) is 10.6 Å². The van der Waals surface area contributed by atoms with Crippen molar-refractivity contribution < 1.29 is 23.9 Å². The summed E-state index contributed by atoms with van der Waals surface area (Å²) in [7, 11) is 0.